The number of ether oxygens (including phenoxy) is 1. The van der Waals surface area contributed by atoms with Gasteiger partial charge in [-0.05, 0) is 50.2 Å². The number of hydrogen-bond donors (Lipinski definition) is 1. The highest BCUT2D eigenvalue weighted by Crippen LogP contribution is 2.23. The van der Waals surface area contributed by atoms with Crippen LogP contribution in [0.2, 0.25) is 5.02 Å². The molecule has 1 N–H and O–H groups in total. The first-order chi connectivity index (χ1) is 13.7. The predicted molar refractivity (Wildman–Crippen MR) is 112 cm³/mol. The topological polar surface area (TPSA) is 90.3 Å². The summed E-state index contributed by atoms with van der Waals surface area (Å²) in [7, 11) is -3.45. The number of nitrogens with one attached hydrogen (secondary N) is 1. The third kappa shape index (κ3) is 4.96. The molecule has 0 saturated carbocycles. The van der Waals surface area contributed by atoms with Crippen molar-refractivity contribution in [3.63, 3.8) is 0 Å². The highest BCUT2D eigenvalue weighted by molar-refractivity contribution is 7.90. The lowest BCUT2D eigenvalue weighted by Gasteiger charge is -2.08. The van der Waals surface area contributed by atoms with Crippen LogP contribution in [0.1, 0.15) is 23.0 Å². The molecule has 1 amide bonds. The summed E-state index contributed by atoms with van der Waals surface area (Å²) >= 11 is 5.99. The fourth-order valence-electron chi connectivity index (χ4n) is 2.76. The second-order valence-electron chi connectivity index (χ2n) is 6.43. The molecule has 152 valence electrons. The molecule has 0 radical (unpaired) electrons. The molecule has 0 saturated heterocycles. The van der Waals surface area contributed by atoms with E-state index in [-0.39, 0.29) is 15.8 Å². The van der Waals surface area contributed by atoms with Crippen molar-refractivity contribution in [3.8, 4) is 11.6 Å². The van der Waals surface area contributed by atoms with Crippen LogP contribution in [-0.4, -0.2) is 36.7 Å². The Morgan fingerprint density at radius 1 is 1.24 bits per heavy atom. The number of sulfone groups is 1. The highest BCUT2D eigenvalue weighted by Gasteiger charge is 2.15. The lowest BCUT2D eigenvalue weighted by atomic mass is 10.2. The number of amides is 1. The Kier molecular flexibility index (Phi) is 5.95. The van der Waals surface area contributed by atoms with Gasteiger partial charge in [-0.2, -0.15) is 0 Å². The Morgan fingerprint density at radius 2 is 2.00 bits per heavy atom. The molecule has 3 rings (SSSR count). The molecule has 0 atom stereocenters. The van der Waals surface area contributed by atoms with E-state index in [1.54, 1.807) is 29.1 Å². The molecule has 7 nitrogen and oxygen atoms in total. The number of anilines is 1. The van der Waals surface area contributed by atoms with Gasteiger partial charge in [0.25, 0.3) is 5.91 Å². The van der Waals surface area contributed by atoms with Crippen LogP contribution in [0.15, 0.2) is 53.7 Å². The summed E-state index contributed by atoms with van der Waals surface area (Å²) in [6.45, 7) is 4.31. The van der Waals surface area contributed by atoms with Gasteiger partial charge in [0.1, 0.15) is 11.6 Å². The Morgan fingerprint density at radius 3 is 2.62 bits per heavy atom. The number of hydrogen-bond acceptors (Lipinski definition) is 5. The largest absolute Gasteiger partial charge is 0.492 e. The van der Waals surface area contributed by atoms with Crippen molar-refractivity contribution in [2.45, 2.75) is 18.7 Å². The van der Waals surface area contributed by atoms with Crippen LogP contribution in [0.25, 0.3) is 5.82 Å². The Labute approximate surface area is 174 Å². The second-order valence-corrected chi connectivity index (χ2v) is 8.88. The normalized spacial score (nSPS) is 11.3. The fraction of sp³-hybridized carbons (Fsp3) is 0.200. The fourth-order valence-corrected chi connectivity index (χ4v) is 3.74. The molecule has 9 heteroatoms. The van der Waals surface area contributed by atoms with Gasteiger partial charge in [-0.1, -0.05) is 11.6 Å². The molecule has 3 aromatic rings. The average molecular weight is 434 g/mol. The van der Waals surface area contributed by atoms with E-state index in [1.165, 1.54) is 18.2 Å². The van der Waals surface area contributed by atoms with Gasteiger partial charge in [-0.25, -0.2) is 13.4 Å². The average Bonchev–Trinajstić information content (AvgIpc) is 3.03. The van der Waals surface area contributed by atoms with Crippen molar-refractivity contribution in [2.75, 3.05) is 18.2 Å². The number of benzene rings is 1. The van der Waals surface area contributed by atoms with Crippen LogP contribution in [0.4, 0.5) is 5.69 Å². The zero-order chi connectivity index (χ0) is 21.2. The third-order valence-electron chi connectivity index (χ3n) is 4.11. The first-order valence-electron chi connectivity index (χ1n) is 8.77. The molecule has 0 aliphatic heterocycles. The summed E-state index contributed by atoms with van der Waals surface area (Å²) in [5, 5.41) is 2.91. The van der Waals surface area contributed by atoms with Crippen molar-refractivity contribution >= 4 is 33.0 Å². The molecule has 2 heterocycles. The minimum absolute atomic E-state index is 0.0349. The zero-order valence-corrected chi connectivity index (χ0v) is 17.7. The Bertz CT molecular complexity index is 1150. The third-order valence-corrected chi connectivity index (χ3v) is 5.42. The smallest absolute Gasteiger partial charge is 0.257 e. The van der Waals surface area contributed by atoms with Crippen LogP contribution in [-0.2, 0) is 9.84 Å². The SMILES string of the molecule is CCOc1ccc(-n2cc(C(=O)Nc3cc(Cl)cc(S(C)(=O)=O)c3)cc2C)nc1. The van der Waals surface area contributed by atoms with Gasteiger partial charge >= 0.3 is 0 Å². The maximum atomic E-state index is 12.7. The number of aromatic nitrogens is 2. The summed E-state index contributed by atoms with van der Waals surface area (Å²) < 4.78 is 30.7. The summed E-state index contributed by atoms with van der Waals surface area (Å²) in [6, 6.07) is 9.53. The molecular formula is C20H20ClN3O4S. The van der Waals surface area contributed by atoms with E-state index in [4.69, 9.17) is 16.3 Å². The molecule has 0 bridgehead atoms. The van der Waals surface area contributed by atoms with Crippen molar-refractivity contribution in [1.82, 2.24) is 9.55 Å². The van der Waals surface area contributed by atoms with E-state index >= 15 is 0 Å². The number of carbonyl (C=O) groups is 1. The Hall–Kier alpha value is -2.84. The molecule has 2 aromatic heterocycles. The molecule has 0 aliphatic rings. The number of rotatable bonds is 6. The number of pyridine rings is 1. The molecule has 0 aliphatic carbocycles. The summed E-state index contributed by atoms with van der Waals surface area (Å²) in [5.74, 6) is 0.924. The van der Waals surface area contributed by atoms with Gasteiger partial charge in [0.2, 0.25) is 0 Å². The van der Waals surface area contributed by atoms with Crippen molar-refractivity contribution in [1.29, 1.82) is 0 Å². The number of halogens is 1. The van der Waals surface area contributed by atoms with Gasteiger partial charge < -0.3 is 14.6 Å². The number of carbonyl (C=O) groups excluding carboxylic acids is 1. The zero-order valence-electron chi connectivity index (χ0n) is 16.1. The van der Waals surface area contributed by atoms with Gasteiger partial charge in [-0.3, -0.25) is 4.79 Å². The highest BCUT2D eigenvalue weighted by atomic mass is 35.5. The van der Waals surface area contributed by atoms with E-state index in [0.717, 1.165) is 11.9 Å². The monoisotopic (exact) mass is 433 g/mol. The number of nitrogens with zero attached hydrogens (tertiary/aromatic N) is 2. The van der Waals surface area contributed by atoms with Gasteiger partial charge in [-0.15, -0.1) is 0 Å². The maximum Gasteiger partial charge on any atom is 0.257 e. The molecule has 0 spiro atoms. The molecule has 29 heavy (non-hydrogen) atoms. The second kappa shape index (κ2) is 8.26. The maximum absolute atomic E-state index is 12.7. The molecular weight excluding hydrogens is 414 g/mol. The Balaban J connectivity index is 1.84. The lowest BCUT2D eigenvalue weighted by Crippen LogP contribution is -2.12. The van der Waals surface area contributed by atoms with Crippen LogP contribution < -0.4 is 10.1 Å². The van der Waals surface area contributed by atoms with Crippen LogP contribution in [0.5, 0.6) is 5.75 Å². The lowest BCUT2D eigenvalue weighted by molar-refractivity contribution is 0.102. The van der Waals surface area contributed by atoms with E-state index in [1.807, 2.05) is 19.9 Å². The van der Waals surface area contributed by atoms with Gasteiger partial charge in [0, 0.05) is 28.9 Å². The van der Waals surface area contributed by atoms with Crippen LogP contribution in [0, 0.1) is 6.92 Å². The number of aryl methyl sites for hydroxylation is 1. The summed E-state index contributed by atoms with van der Waals surface area (Å²) in [5.41, 5.74) is 1.52. The summed E-state index contributed by atoms with van der Waals surface area (Å²) in [4.78, 5) is 17.1. The molecule has 0 fully saturated rings. The minimum atomic E-state index is -3.45. The van der Waals surface area contributed by atoms with E-state index in [0.29, 0.717) is 29.4 Å². The van der Waals surface area contributed by atoms with Crippen molar-refractivity contribution < 1.29 is 17.9 Å². The first-order valence-corrected chi connectivity index (χ1v) is 11.0. The minimum Gasteiger partial charge on any atom is -0.492 e. The standard InChI is InChI=1S/C20H20ClN3O4S/c1-4-28-17-5-6-19(22-11-17)24-12-14(7-13(24)2)20(25)23-16-8-15(21)9-18(10-16)29(3,26)27/h5-12H,4H2,1-3H3,(H,23,25). The van der Waals surface area contributed by atoms with Crippen LogP contribution in [0.3, 0.4) is 0 Å². The quantitative estimate of drug-likeness (QED) is 0.636. The molecule has 1 aromatic carbocycles. The first kappa shape index (κ1) is 20.9. The van der Waals surface area contributed by atoms with E-state index < -0.39 is 9.84 Å². The van der Waals surface area contributed by atoms with Gasteiger partial charge in [0.15, 0.2) is 9.84 Å². The predicted octanol–water partition coefficient (Wildman–Crippen LogP) is 3.89. The van der Waals surface area contributed by atoms with Crippen molar-refractivity contribution in [3.05, 3.63) is 65.1 Å². The molecule has 0 unspecified atom stereocenters. The van der Waals surface area contributed by atoms with Crippen molar-refractivity contribution in [2.24, 2.45) is 0 Å². The van der Waals surface area contributed by atoms with Gasteiger partial charge in [0.05, 0.1) is 23.3 Å². The van der Waals surface area contributed by atoms with E-state index in [9.17, 15) is 13.2 Å². The van der Waals surface area contributed by atoms with E-state index in [2.05, 4.69) is 10.3 Å². The van der Waals surface area contributed by atoms with Crippen LogP contribution >= 0.6 is 11.6 Å². The summed E-state index contributed by atoms with van der Waals surface area (Å²) in [6.07, 6.45) is 4.36.